The molecule has 0 amide bonds. The first kappa shape index (κ1) is 12.3. The normalized spacial score (nSPS) is 13.0. The van der Waals surface area contributed by atoms with Crippen molar-refractivity contribution < 1.29 is 5.11 Å². The maximum Gasteiger partial charge on any atom is 0.0618 e. The van der Waals surface area contributed by atoms with Gasteiger partial charge in [-0.1, -0.05) is 56.6 Å². The molecule has 0 heterocycles. The Morgan fingerprint density at radius 3 is 2.40 bits per heavy atom. The summed E-state index contributed by atoms with van der Waals surface area (Å²) in [6.45, 7) is 6.37. The van der Waals surface area contributed by atoms with E-state index in [4.69, 9.17) is 16.7 Å². The highest BCUT2D eigenvalue weighted by Gasteiger charge is 2.19. The molecule has 1 N–H and O–H groups in total. The van der Waals surface area contributed by atoms with Gasteiger partial charge in [0.15, 0.2) is 0 Å². The third kappa shape index (κ3) is 3.08. The first-order valence-corrected chi connectivity index (χ1v) is 5.41. The molecule has 0 aliphatic carbocycles. The molecule has 0 unspecified atom stereocenters. The second-order valence-corrected chi connectivity index (χ2v) is 4.94. The van der Waals surface area contributed by atoms with Gasteiger partial charge in [-0.05, 0) is 22.6 Å². The molecule has 0 spiro atoms. The van der Waals surface area contributed by atoms with Crippen molar-refractivity contribution in [2.45, 2.75) is 20.8 Å². The first-order valence-electron chi connectivity index (χ1n) is 5.03. The van der Waals surface area contributed by atoms with Gasteiger partial charge in [0.05, 0.1) is 6.61 Å². The molecule has 0 aliphatic rings. The largest absolute Gasteiger partial charge is 0.392 e. The van der Waals surface area contributed by atoms with Gasteiger partial charge in [0.1, 0.15) is 0 Å². The van der Waals surface area contributed by atoms with E-state index in [9.17, 15) is 0 Å². The van der Waals surface area contributed by atoms with Gasteiger partial charge < -0.3 is 5.11 Å². The maximum absolute atomic E-state index is 9.03. The van der Waals surface area contributed by atoms with Crippen LogP contribution in [-0.2, 0) is 0 Å². The molecule has 15 heavy (non-hydrogen) atoms. The second-order valence-electron chi connectivity index (χ2n) is 4.53. The topological polar surface area (TPSA) is 20.2 Å². The average Bonchev–Trinajstić information content (AvgIpc) is 2.14. The van der Waals surface area contributed by atoms with Crippen molar-refractivity contribution >= 4 is 17.2 Å². The van der Waals surface area contributed by atoms with Crippen LogP contribution < -0.4 is 0 Å². The Labute approximate surface area is 96.4 Å². The highest BCUT2D eigenvalue weighted by atomic mass is 35.5. The minimum atomic E-state index is -0.0201. The van der Waals surface area contributed by atoms with E-state index in [0.29, 0.717) is 0 Å². The monoisotopic (exact) mass is 224 g/mol. The molecule has 0 saturated carbocycles. The van der Waals surface area contributed by atoms with Crippen LogP contribution >= 0.6 is 11.6 Å². The van der Waals surface area contributed by atoms with Crippen molar-refractivity contribution in [2.75, 3.05) is 6.61 Å². The van der Waals surface area contributed by atoms with E-state index in [1.165, 1.54) is 0 Å². The Morgan fingerprint density at radius 2 is 1.93 bits per heavy atom. The minimum absolute atomic E-state index is 0.0201. The van der Waals surface area contributed by atoms with Crippen molar-refractivity contribution in [1.82, 2.24) is 0 Å². The highest BCUT2D eigenvalue weighted by Crippen LogP contribution is 2.36. The quantitative estimate of drug-likeness (QED) is 0.811. The van der Waals surface area contributed by atoms with E-state index >= 15 is 0 Å². The summed E-state index contributed by atoms with van der Waals surface area (Å²) in [4.78, 5) is 0. The predicted molar refractivity (Wildman–Crippen MR) is 66.0 cm³/mol. The van der Waals surface area contributed by atoms with E-state index < -0.39 is 0 Å². The van der Waals surface area contributed by atoms with Gasteiger partial charge in [0, 0.05) is 5.02 Å². The van der Waals surface area contributed by atoms with E-state index in [1.807, 2.05) is 30.3 Å². The third-order valence-corrected chi connectivity index (χ3v) is 2.60. The van der Waals surface area contributed by atoms with Crippen LogP contribution in [0.25, 0.3) is 5.57 Å². The van der Waals surface area contributed by atoms with Gasteiger partial charge in [0.25, 0.3) is 0 Å². The van der Waals surface area contributed by atoms with Crippen LogP contribution in [0.4, 0.5) is 0 Å². The molecule has 1 aromatic carbocycles. The molecule has 0 atom stereocenters. The summed E-state index contributed by atoms with van der Waals surface area (Å²) >= 11 is 6.14. The van der Waals surface area contributed by atoms with E-state index in [-0.39, 0.29) is 12.0 Å². The Bertz CT molecular complexity index is 361. The highest BCUT2D eigenvalue weighted by molar-refractivity contribution is 6.32. The van der Waals surface area contributed by atoms with Crippen LogP contribution in [0.15, 0.2) is 30.3 Å². The van der Waals surface area contributed by atoms with Gasteiger partial charge in [-0.3, -0.25) is 0 Å². The van der Waals surface area contributed by atoms with E-state index in [0.717, 1.165) is 16.2 Å². The Hall–Kier alpha value is -0.790. The Morgan fingerprint density at radius 1 is 1.33 bits per heavy atom. The minimum Gasteiger partial charge on any atom is -0.392 e. The molecule has 0 radical (unpaired) electrons. The Kier molecular flexibility index (Phi) is 3.95. The molecule has 0 aromatic heterocycles. The van der Waals surface area contributed by atoms with Crippen molar-refractivity contribution in [3.05, 3.63) is 40.9 Å². The zero-order valence-corrected chi connectivity index (χ0v) is 10.2. The standard InChI is InChI=1S/C13H17ClO/c1-13(2,3)11(8-9-15)10-6-4-5-7-12(10)14/h4-8,15H,9H2,1-3H3/b11-8+. The van der Waals surface area contributed by atoms with E-state index in [1.54, 1.807) is 0 Å². The molecular weight excluding hydrogens is 208 g/mol. The van der Waals surface area contributed by atoms with Crippen LogP contribution in [0.2, 0.25) is 5.02 Å². The molecule has 0 aliphatic heterocycles. The number of halogens is 1. The van der Waals surface area contributed by atoms with Crippen molar-refractivity contribution in [1.29, 1.82) is 0 Å². The lowest BCUT2D eigenvalue weighted by molar-refractivity contribution is 0.341. The van der Waals surface area contributed by atoms with Gasteiger partial charge in [0.2, 0.25) is 0 Å². The number of hydrogen-bond donors (Lipinski definition) is 1. The van der Waals surface area contributed by atoms with Gasteiger partial charge in [-0.25, -0.2) is 0 Å². The summed E-state index contributed by atoms with van der Waals surface area (Å²) in [7, 11) is 0. The van der Waals surface area contributed by atoms with Gasteiger partial charge >= 0.3 is 0 Å². The summed E-state index contributed by atoms with van der Waals surface area (Å²) in [6.07, 6.45) is 1.82. The second kappa shape index (κ2) is 4.82. The van der Waals surface area contributed by atoms with Crippen LogP contribution in [0.3, 0.4) is 0 Å². The lowest BCUT2D eigenvalue weighted by atomic mass is 9.82. The SMILES string of the molecule is CC(C)(C)/C(=C/CO)c1ccccc1Cl. The number of benzene rings is 1. The molecule has 82 valence electrons. The summed E-state index contributed by atoms with van der Waals surface area (Å²) in [5.74, 6) is 0. The molecule has 1 aromatic rings. The summed E-state index contributed by atoms with van der Waals surface area (Å²) < 4.78 is 0. The molecule has 2 heteroatoms. The lowest BCUT2D eigenvalue weighted by Gasteiger charge is -2.24. The Balaban J connectivity index is 3.24. The molecule has 0 fully saturated rings. The fourth-order valence-electron chi connectivity index (χ4n) is 1.59. The average molecular weight is 225 g/mol. The fourth-order valence-corrected chi connectivity index (χ4v) is 1.83. The zero-order valence-electron chi connectivity index (χ0n) is 9.42. The molecule has 0 saturated heterocycles. The van der Waals surface area contributed by atoms with Crippen LogP contribution in [0.5, 0.6) is 0 Å². The summed E-state index contributed by atoms with van der Waals surface area (Å²) in [5, 5.41) is 9.76. The van der Waals surface area contributed by atoms with Crippen LogP contribution in [-0.4, -0.2) is 11.7 Å². The van der Waals surface area contributed by atoms with Gasteiger partial charge in [-0.2, -0.15) is 0 Å². The van der Waals surface area contributed by atoms with Crippen molar-refractivity contribution in [3.63, 3.8) is 0 Å². The molecule has 1 rings (SSSR count). The predicted octanol–water partition coefficient (Wildman–Crippen LogP) is 3.76. The first-order chi connectivity index (χ1) is 6.96. The summed E-state index contributed by atoms with van der Waals surface area (Å²) in [6, 6.07) is 7.71. The van der Waals surface area contributed by atoms with E-state index in [2.05, 4.69) is 20.8 Å². The molecular formula is C13H17ClO. The molecule has 1 nitrogen and oxygen atoms in total. The molecule has 0 bridgehead atoms. The van der Waals surface area contributed by atoms with Crippen molar-refractivity contribution in [2.24, 2.45) is 5.41 Å². The van der Waals surface area contributed by atoms with Crippen LogP contribution in [0, 0.1) is 5.41 Å². The zero-order chi connectivity index (χ0) is 11.5. The van der Waals surface area contributed by atoms with Gasteiger partial charge in [-0.15, -0.1) is 0 Å². The number of rotatable bonds is 2. The number of allylic oxidation sites excluding steroid dienone is 1. The number of hydrogen-bond acceptors (Lipinski definition) is 1. The smallest absolute Gasteiger partial charge is 0.0618 e. The number of aliphatic hydroxyl groups is 1. The fraction of sp³-hybridized carbons (Fsp3) is 0.385. The lowest BCUT2D eigenvalue weighted by Crippen LogP contribution is -2.09. The maximum atomic E-state index is 9.03. The van der Waals surface area contributed by atoms with Crippen LogP contribution in [0.1, 0.15) is 26.3 Å². The van der Waals surface area contributed by atoms with Crippen molar-refractivity contribution in [3.8, 4) is 0 Å². The third-order valence-electron chi connectivity index (χ3n) is 2.27. The summed E-state index contributed by atoms with van der Waals surface area (Å²) in [5.41, 5.74) is 2.06. The number of aliphatic hydroxyl groups excluding tert-OH is 1.